The van der Waals surface area contributed by atoms with E-state index in [1.54, 1.807) is 24.8 Å². The lowest BCUT2D eigenvalue weighted by molar-refractivity contribution is -0.126. The Hall–Kier alpha value is -2.35. The first-order valence-electron chi connectivity index (χ1n) is 8.58. The molecule has 0 aliphatic carbocycles. The average molecular weight is 373 g/mol. The summed E-state index contributed by atoms with van der Waals surface area (Å²) in [6.07, 6.45) is 0. The minimum atomic E-state index is -0.978. The molecule has 1 aromatic heterocycles. The third-order valence-electron chi connectivity index (χ3n) is 4.58. The van der Waals surface area contributed by atoms with Gasteiger partial charge in [0.2, 0.25) is 11.8 Å². The van der Waals surface area contributed by atoms with E-state index in [0.717, 1.165) is 12.4 Å². The molecule has 1 aliphatic rings. The maximum Gasteiger partial charge on any atom is 0.250 e. The number of fused-ring (bicyclic) bond motifs is 1. The zero-order chi connectivity index (χ0) is 19.1. The zero-order valence-electron chi connectivity index (χ0n) is 15.6. The minimum Gasteiger partial charge on any atom is -0.322 e. The van der Waals surface area contributed by atoms with Gasteiger partial charge in [-0.2, -0.15) is 0 Å². The maximum atomic E-state index is 13.3. The van der Waals surface area contributed by atoms with E-state index in [2.05, 4.69) is 15.5 Å². The molecule has 3 rings (SSSR count). The molecule has 0 fully saturated rings. The Morgan fingerprint density at radius 2 is 2.00 bits per heavy atom. The lowest BCUT2D eigenvalue weighted by atomic mass is 9.96. The van der Waals surface area contributed by atoms with Crippen LogP contribution in [-0.2, 0) is 16.1 Å². The summed E-state index contributed by atoms with van der Waals surface area (Å²) in [6, 6.07) is 7.36. The number of benzene rings is 1. The molecule has 1 aromatic carbocycles. The van der Waals surface area contributed by atoms with Crippen molar-refractivity contribution in [2.24, 2.45) is 0 Å². The second-order valence-electron chi connectivity index (χ2n) is 6.74. The van der Waals surface area contributed by atoms with Crippen molar-refractivity contribution >= 4 is 35.0 Å². The van der Waals surface area contributed by atoms with E-state index < -0.39 is 10.8 Å². The summed E-state index contributed by atoms with van der Waals surface area (Å²) in [5.41, 5.74) is 0.381. The molecule has 1 aliphatic heterocycles. The average Bonchev–Trinajstić information content (AvgIpc) is 2.94. The van der Waals surface area contributed by atoms with Crippen molar-refractivity contribution in [1.29, 1.82) is 0 Å². The molecule has 2 amide bonds. The third-order valence-corrected chi connectivity index (χ3v) is 5.64. The first-order chi connectivity index (χ1) is 12.3. The minimum absolute atomic E-state index is 0.134. The number of hydrogen-bond acceptors (Lipinski definition) is 5. The molecule has 1 unspecified atom stereocenters. The van der Waals surface area contributed by atoms with Gasteiger partial charge in [0, 0.05) is 6.54 Å². The Labute approximate surface area is 157 Å². The monoisotopic (exact) mass is 373 g/mol. The van der Waals surface area contributed by atoms with Crippen LogP contribution in [0.5, 0.6) is 0 Å². The quantitative estimate of drug-likeness (QED) is 0.834. The second kappa shape index (κ2) is 6.75. The zero-order valence-corrected chi connectivity index (χ0v) is 16.4. The number of aryl methyl sites for hydroxylation is 1. The number of para-hydroxylation sites is 2. The third kappa shape index (κ3) is 2.98. The lowest BCUT2D eigenvalue weighted by Crippen LogP contribution is -2.60. The number of carbonyl (C=O) groups excluding carboxylic acids is 2. The Kier molecular flexibility index (Phi) is 4.79. The Bertz CT molecular complexity index is 861. The molecular weight excluding hydrogens is 350 g/mol. The molecule has 2 aromatic rings. The van der Waals surface area contributed by atoms with Gasteiger partial charge in [0.05, 0.1) is 16.6 Å². The van der Waals surface area contributed by atoms with Crippen LogP contribution in [0.1, 0.15) is 33.5 Å². The van der Waals surface area contributed by atoms with Gasteiger partial charge in [0.25, 0.3) is 0 Å². The number of anilines is 2. The molecule has 0 saturated carbocycles. The van der Waals surface area contributed by atoms with Gasteiger partial charge in [-0.1, -0.05) is 23.9 Å². The van der Waals surface area contributed by atoms with E-state index in [-0.39, 0.29) is 11.8 Å². The normalized spacial score (nSPS) is 16.8. The Balaban J connectivity index is 1.93. The summed E-state index contributed by atoms with van der Waals surface area (Å²) < 4.78 is 1.97. The van der Waals surface area contributed by atoms with Crippen LogP contribution in [0.2, 0.25) is 0 Å². The van der Waals surface area contributed by atoms with Crippen LogP contribution < -0.4 is 10.2 Å². The second-order valence-corrected chi connectivity index (χ2v) is 8.05. The smallest absolute Gasteiger partial charge is 0.250 e. The molecule has 1 N–H and O–H groups in total. The van der Waals surface area contributed by atoms with Crippen molar-refractivity contribution in [3.05, 3.63) is 30.1 Å². The molecule has 0 spiro atoms. The van der Waals surface area contributed by atoms with Gasteiger partial charge in [0.15, 0.2) is 5.16 Å². The number of aromatic nitrogens is 3. The van der Waals surface area contributed by atoms with E-state index in [0.29, 0.717) is 16.5 Å². The van der Waals surface area contributed by atoms with Gasteiger partial charge in [-0.25, -0.2) is 0 Å². The van der Waals surface area contributed by atoms with Crippen LogP contribution >= 0.6 is 11.8 Å². The summed E-state index contributed by atoms with van der Waals surface area (Å²) in [4.78, 5) is 27.4. The molecule has 2 heterocycles. The first kappa shape index (κ1) is 18.4. The molecule has 1 atom stereocenters. The summed E-state index contributed by atoms with van der Waals surface area (Å²) >= 11 is 1.36. The van der Waals surface area contributed by atoms with Gasteiger partial charge >= 0.3 is 0 Å². The van der Waals surface area contributed by atoms with Crippen LogP contribution in [-0.4, -0.2) is 37.4 Å². The van der Waals surface area contributed by atoms with Gasteiger partial charge in [-0.15, -0.1) is 10.2 Å². The number of carbonyl (C=O) groups is 2. The van der Waals surface area contributed by atoms with Crippen molar-refractivity contribution < 1.29 is 9.59 Å². The summed E-state index contributed by atoms with van der Waals surface area (Å²) in [5, 5.41) is 11.4. The maximum absolute atomic E-state index is 13.3. The molecule has 0 radical (unpaired) electrons. The predicted molar refractivity (Wildman–Crippen MR) is 102 cm³/mol. The number of hydrogen-bond donors (Lipinski definition) is 1. The molecule has 26 heavy (non-hydrogen) atoms. The number of thioether (sulfide) groups is 1. The summed E-state index contributed by atoms with van der Waals surface area (Å²) in [7, 11) is 0. The fourth-order valence-corrected chi connectivity index (χ4v) is 4.05. The fraction of sp³-hybridized carbons (Fsp3) is 0.444. The Morgan fingerprint density at radius 1 is 1.31 bits per heavy atom. The predicted octanol–water partition coefficient (Wildman–Crippen LogP) is 2.85. The number of rotatable bonds is 4. The van der Waals surface area contributed by atoms with E-state index >= 15 is 0 Å². The number of amides is 2. The number of nitrogens with zero attached hydrogens (tertiary/aromatic N) is 4. The first-order valence-corrected chi connectivity index (χ1v) is 9.46. The standard InChI is InChI=1S/C18H23N5O2S/c1-6-22-12(3)20-21-17(22)26-11(2)15(24)23-14-10-8-7-9-13(14)19-16(25)18(23,4)5/h7-11H,6H2,1-5H3,(H,19,25). The molecule has 0 bridgehead atoms. The van der Waals surface area contributed by atoms with Crippen LogP contribution in [0.3, 0.4) is 0 Å². The van der Waals surface area contributed by atoms with Crippen LogP contribution in [0.15, 0.2) is 29.4 Å². The number of nitrogens with one attached hydrogen (secondary N) is 1. The summed E-state index contributed by atoms with van der Waals surface area (Å²) in [5.74, 6) is 0.484. The van der Waals surface area contributed by atoms with Gasteiger partial charge in [-0.3, -0.25) is 14.5 Å². The molecule has 7 nitrogen and oxygen atoms in total. The molecule has 0 saturated heterocycles. The van der Waals surface area contributed by atoms with Crippen molar-refractivity contribution in [2.45, 2.75) is 57.1 Å². The van der Waals surface area contributed by atoms with Gasteiger partial charge < -0.3 is 9.88 Å². The van der Waals surface area contributed by atoms with E-state index in [1.165, 1.54) is 11.8 Å². The van der Waals surface area contributed by atoms with Crippen molar-refractivity contribution in [2.75, 3.05) is 10.2 Å². The highest BCUT2D eigenvalue weighted by molar-refractivity contribution is 8.00. The van der Waals surface area contributed by atoms with Crippen LogP contribution in [0.4, 0.5) is 11.4 Å². The topological polar surface area (TPSA) is 80.1 Å². The molecular formula is C18H23N5O2S. The Morgan fingerprint density at radius 3 is 2.69 bits per heavy atom. The highest BCUT2D eigenvalue weighted by Crippen LogP contribution is 2.38. The van der Waals surface area contributed by atoms with E-state index in [4.69, 9.17) is 0 Å². The van der Waals surface area contributed by atoms with E-state index in [1.807, 2.05) is 43.5 Å². The van der Waals surface area contributed by atoms with E-state index in [9.17, 15) is 9.59 Å². The largest absolute Gasteiger partial charge is 0.322 e. The van der Waals surface area contributed by atoms with Crippen LogP contribution in [0, 0.1) is 6.92 Å². The van der Waals surface area contributed by atoms with Crippen molar-refractivity contribution in [3.63, 3.8) is 0 Å². The highest BCUT2D eigenvalue weighted by Gasteiger charge is 2.44. The lowest BCUT2D eigenvalue weighted by Gasteiger charge is -2.43. The molecule has 8 heteroatoms. The van der Waals surface area contributed by atoms with Gasteiger partial charge in [-0.05, 0) is 46.8 Å². The summed E-state index contributed by atoms with van der Waals surface area (Å²) in [6.45, 7) is 9.99. The fourth-order valence-electron chi connectivity index (χ4n) is 3.05. The van der Waals surface area contributed by atoms with Gasteiger partial charge in [0.1, 0.15) is 11.4 Å². The van der Waals surface area contributed by atoms with Crippen molar-refractivity contribution in [3.8, 4) is 0 Å². The van der Waals surface area contributed by atoms with Crippen LogP contribution in [0.25, 0.3) is 0 Å². The SMILES string of the molecule is CCn1c(C)nnc1SC(C)C(=O)N1c2ccccc2NC(=O)C1(C)C. The molecule has 138 valence electrons. The highest BCUT2D eigenvalue weighted by atomic mass is 32.2. The van der Waals surface area contributed by atoms with Crippen molar-refractivity contribution in [1.82, 2.24) is 14.8 Å².